The van der Waals surface area contributed by atoms with Gasteiger partial charge in [-0.3, -0.25) is 19.2 Å². The molecule has 2 aromatic rings. The molecule has 0 unspecified atom stereocenters. The smallest absolute Gasteiger partial charge is 0.220 e. The van der Waals surface area contributed by atoms with E-state index in [1.807, 2.05) is 23.9 Å². The van der Waals surface area contributed by atoms with Crippen molar-refractivity contribution in [1.29, 1.82) is 0 Å². The number of carbonyl (C=O) groups excluding carboxylic acids is 2. The second-order valence-electron chi connectivity index (χ2n) is 7.79. The summed E-state index contributed by atoms with van der Waals surface area (Å²) in [5.74, 6) is 0.235. The quantitative estimate of drug-likeness (QED) is 0.754. The minimum absolute atomic E-state index is 0.101. The van der Waals surface area contributed by atoms with Gasteiger partial charge >= 0.3 is 0 Å². The van der Waals surface area contributed by atoms with Crippen LogP contribution in [0.3, 0.4) is 0 Å². The predicted octanol–water partition coefficient (Wildman–Crippen LogP) is 1.65. The fourth-order valence-corrected chi connectivity index (χ4v) is 3.60. The van der Waals surface area contributed by atoms with Crippen LogP contribution in [0.4, 0.5) is 0 Å². The third-order valence-corrected chi connectivity index (χ3v) is 5.38. The van der Waals surface area contributed by atoms with E-state index in [1.54, 1.807) is 6.92 Å². The number of fused-ring (bicyclic) bond motifs is 1. The first-order valence-corrected chi connectivity index (χ1v) is 9.71. The number of nitrogens with one attached hydrogen (secondary N) is 1. The molecule has 0 saturated heterocycles. The number of aryl methyl sites for hydroxylation is 2. The van der Waals surface area contributed by atoms with Gasteiger partial charge in [-0.25, -0.2) is 0 Å². The SMILES string of the molecule is CC(=O)c1cc(CN2CCn3nc(CCC(=O)NC4CC4)cc3C2)n(C)c1. The molecule has 7 nitrogen and oxygen atoms in total. The molecule has 27 heavy (non-hydrogen) atoms. The van der Waals surface area contributed by atoms with Gasteiger partial charge in [-0.15, -0.1) is 0 Å². The summed E-state index contributed by atoms with van der Waals surface area (Å²) in [6.45, 7) is 5.03. The first-order valence-electron chi connectivity index (χ1n) is 9.71. The van der Waals surface area contributed by atoms with Gasteiger partial charge < -0.3 is 9.88 Å². The van der Waals surface area contributed by atoms with Gasteiger partial charge in [-0.1, -0.05) is 0 Å². The van der Waals surface area contributed by atoms with E-state index in [2.05, 4.69) is 26.1 Å². The molecule has 7 heteroatoms. The molecule has 1 aliphatic heterocycles. The highest BCUT2D eigenvalue weighted by Crippen LogP contribution is 2.20. The lowest BCUT2D eigenvalue weighted by molar-refractivity contribution is -0.121. The Morgan fingerprint density at radius 2 is 2.07 bits per heavy atom. The number of ketones is 1. The van der Waals surface area contributed by atoms with Gasteiger partial charge in [-0.2, -0.15) is 5.10 Å². The highest BCUT2D eigenvalue weighted by atomic mass is 16.1. The highest BCUT2D eigenvalue weighted by molar-refractivity contribution is 5.94. The summed E-state index contributed by atoms with van der Waals surface area (Å²) < 4.78 is 4.10. The van der Waals surface area contributed by atoms with Crippen LogP contribution >= 0.6 is 0 Å². The Morgan fingerprint density at radius 3 is 2.78 bits per heavy atom. The average Bonchev–Trinajstić information content (AvgIpc) is 3.22. The van der Waals surface area contributed by atoms with Crippen LogP contribution < -0.4 is 5.32 Å². The topological polar surface area (TPSA) is 72.2 Å². The van der Waals surface area contributed by atoms with Crippen LogP contribution in [0.1, 0.15) is 53.6 Å². The molecule has 0 spiro atoms. The molecule has 144 valence electrons. The average molecular weight is 369 g/mol. The maximum absolute atomic E-state index is 11.9. The lowest BCUT2D eigenvalue weighted by Gasteiger charge is -2.27. The number of nitrogens with zero attached hydrogens (tertiary/aromatic N) is 4. The number of amides is 1. The molecule has 0 bridgehead atoms. The van der Waals surface area contributed by atoms with Crippen LogP contribution in [0.25, 0.3) is 0 Å². The van der Waals surface area contributed by atoms with E-state index in [9.17, 15) is 9.59 Å². The molecule has 1 N–H and O–H groups in total. The minimum Gasteiger partial charge on any atom is -0.353 e. The van der Waals surface area contributed by atoms with Gasteiger partial charge in [0.15, 0.2) is 5.78 Å². The minimum atomic E-state index is 0.101. The second kappa shape index (κ2) is 7.31. The van der Waals surface area contributed by atoms with Crippen molar-refractivity contribution >= 4 is 11.7 Å². The molecule has 1 saturated carbocycles. The summed E-state index contributed by atoms with van der Waals surface area (Å²) >= 11 is 0. The maximum Gasteiger partial charge on any atom is 0.220 e. The highest BCUT2D eigenvalue weighted by Gasteiger charge is 2.24. The van der Waals surface area contributed by atoms with Crippen LogP contribution in [-0.2, 0) is 37.9 Å². The molecule has 0 radical (unpaired) electrons. The molecule has 0 aromatic carbocycles. The Morgan fingerprint density at radius 1 is 1.26 bits per heavy atom. The van der Waals surface area contributed by atoms with Gasteiger partial charge in [0.05, 0.1) is 17.9 Å². The number of aromatic nitrogens is 3. The van der Waals surface area contributed by atoms with Crippen molar-refractivity contribution in [1.82, 2.24) is 24.6 Å². The summed E-state index contributed by atoms with van der Waals surface area (Å²) in [6.07, 6.45) is 5.34. The Bertz CT molecular complexity index is 862. The van der Waals surface area contributed by atoms with Crippen molar-refractivity contribution in [2.45, 2.75) is 58.3 Å². The van der Waals surface area contributed by atoms with Gasteiger partial charge in [-0.05, 0) is 31.9 Å². The Balaban J connectivity index is 1.34. The standard InChI is InChI=1S/C20H27N5O2/c1-14(26)15-9-18(23(2)11-15)12-24-7-8-25-19(13-24)10-17(22-25)5-6-20(27)21-16-3-4-16/h9-11,16H,3-8,12-13H2,1-2H3,(H,21,27). The largest absolute Gasteiger partial charge is 0.353 e. The fraction of sp³-hybridized carbons (Fsp3) is 0.550. The van der Waals surface area contributed by atoms with Crippen LogP contribution in [0.5, 0.6) is 0 Å². The first-order chi connectivity index (χ1) is 13.0. The van der Waals surface area contributed by atoms with Crippen LogP contribution in [0.2, 0.25) is 0 Å². The Kier molecular flexibility index (Phi) is 4.86. The van der Waals surface area contributed by atoms with Crippen molar-refractivity contribution < 1.29 is 9.59 Å². The van der Waals surface area contributed by atoms with Crippen LogP contribution in [-0.4, -0.2) is 43.5 Å². The molecule has 3 heterocycles. The molecule has 1 amide bonds. The van der Waals surface area contributed by atoms with Crippen molar-refractivity contribution in [2.24, 2.45) is 7.05 Å². The Hall–Kier alpha value is -2.41. The molecule has 4 rings (SSSR count). The van der Waals surface area contributed by atoms with E-state index < -0.39 is 0 Å². The molecular weight excluding hydrogens is 342 g/mol. The Labute approximate surface area is 159 Å². The van der Waals surface area contributed by atoms with Gasteiger partial charge in [0.2, 0.25) is 5.91 Å². The number of rotatable bonds is 7. The number of Topliss-reactive ketones (excluding diaryl/α,β-unsaturated/α-hetero) is 1. The predicted molar refractivity (Wildman–Crippen MR) is 101 cm³/mol. The van der Waals surface area contributed by atoms with E-state index in [-0.39, 0.29) is 11.7 Å². The van der Waals surface area contributed by atoms with Crippen molar-refractivity contribution in [3.63, 3.8) is 0 Å². The second-order valence-corrected chi connectivity index (χ2v) is 7.79. The monoisotopic (exact) mass is 369 g/mol. The normalized spacial score (nSPS) is 17.0. The summed E-state index contributed by atoms with van der Waals surface area (Å²) in [5.41, 5.74) is 4.10. The van der Waals surface area contributed by atoms with E-state index in [4.69, 9.17) is 0 Å². The molecule has 2 aromatic heterocycles. The third kappa shape index (κ3) is 4.30. The summed E-state index contributed by atoms with van der Waals surface area (Å²) in [4.78, 5) is 25.8. The lowest BCUT2D eigenvalue weighted by atomic mass is 10.2. The van der Waals surface area contributed by atoms with Crippen molar-refractivity contribution in [3.8, 4) is 0 Å². The molecule has 1 aliphatic carbocycles. The van der Waals surface area contributed by atoms with E-state index >= 15 is 0 Å². The van der Waals surface area contributed by atoms with Crippen LogP contribution in [0, 0.1) is 0 Å². The van der Waals surface area contributed by atoms with E-state index in [0.29, 0.717) is 18.9 Å². The van der Waals surface area contributed by atoms with Gasteiger partial charge in [0.1, 0.15) is 0 Å². The van der Waals surface area contributed by atoms with Crippen LogP contribution in [0.15, 0.2) is 18.3 Å². The summed E-state index contributed by atoms with van der Waals surface area (Å²) in [7, 11) is 1.99. The number of carbonyl (C=O) groups is 2. The number of hydrogen-bond acceptors (Lipinski definition) is 4. The molecule has 1 fully saturated rings. The van der Waals surface area contributed by atoms with Gasteiger partial charge in [0.25, 0.3) is 0 Å². The van der Waals surface area contributed by atoms with Crippen molar-refractivity contribution in [2.75, 3.05) is 6.54 Å². The van der Waals surface area contributed by atoms with Crippen molar-refractivity contribution in [3.05, 3.63) is 41.0 Å². The number of hydrogen-bond donors (Lipinski definition) is 1. The zero-order chi connectivity index (χ0) is 19.0. The van der Waals surface area contributed by atoms with E-state index in [0.717, 1.165) is 56.0 Å². The van der Waals surface area contributed by atoms with Gasteiger partial charge in [0, 0.05) is 63.0 Å². The third-order valence-electron chi connectivity index (χ3n) is 5.38. The summed E-state index contributed by atoms with van der Waals surface area (Å²) in [6, 6.07) is 4.53. The fourth-order valence-electron chi connectivity index (χ4n) is 3.60. The first kappa shape index (κ1) is 18.0. The maximum atomic E-state index is 11.9. The summed E-state index contributed by atoms with van der Waals surface area (Å²) in [5, 5.41) is 7.69. The zero-order valence-corrected chi connectivity index (χ0v) is 16.1. The zero-order valence-electron chi connectivity index (χ0n) is 16.1. The van der Waals surface area contributed by atoms with E-state index in [1.165, 1.54) is 5.69 Å². The lowest BCUT2D eigenvalue weighted by Crippen LogP contribution is -2.33. The molecular formula is C20H27N5O2. The molecule has 2 aliphatic rings. The molecule has 0 atom stereocenters.